The number of fused-ring (bicyclic) bond motifs is 1. The SMILES string of the molecule is O=C1Cc2ccc(NS(=O)(=O)c3ccccc3)cc2N1. The van der Waals surface area contributed by atoms with Gasteiger partial charge >= 0.3 is 0 Å². The maximum Gasteiger partial charge on any atom is 0.261 e. The number of anilines is 2. The molecule has 102 valence electrons. The predicted molar refractivity (Wildman–Crippen MR) is 76.0 cm³/mol. The van der Waals surface area contributed by atoms with Crippen molar-refractivity contribution < 1.29 is 13.2 Å². The van der Waals surface area contributed by atoms with Gasteiger partial charge in [0.2, 0.25) is 5.91 Å². The Kier molecular flexibility index (Phi) is 2.94. The average Bonchev–Trinajstić information content (AvgIpc) is 2.79. The molecule has 0 fully saturated rings. The number of nitrogens with one attached hydrogen (secondary N) is 2. The number of rotatable bonds is 3. The summed E-state index contributed by atoms with van der Waals surface area (Å²) in [6.45, 7) is 0. The summed E-state index contributed by atoms with van der Waals surface area (Å²) < 4.78 is 26.8. The van der Waals surface area contributed by atoms with Crippen LogP contribution in [0.4, 0.5) is 11.4 Å². The van der Waals surface area contributed by atoms with Crippen LogP contribution in [0.1, 0.15) is 5.56 Å². The third kappa shape index (κ3) is 2.37. The van der Waals surface area contributed by atoms with Crippen molar-refractivity contribution in [3.8, 4) is 0 Å². The zero-order chi connectivity index (χ0) is 14.2. The smallest absolute Gasteiger partial charge is 0.261 e. The fourth-order valence-electron chi connectivity index (χ4n) is 2.09. The largest absolute Gasteiger partial charge is 0.325 e. The Morgan fingerprint density at radius 2 is 1.80 bits per heavy atom. The molecule has 2 N–H and O–H groups in total. The Bertz CT molecular complexity index is 770. The van der Waals surface area contributed by atoms with E-state index in [-0.39, 0.29) is 10.8 Å². The fraction of sp³-hybridized carbons (Fsp3) is 0.0714. The minimum atomic E-state index is -3.61. The quantitative estimate of drug-likeness (QED) is 0.907. The van der Waals surface area contributed by atoms with E-state index in [1.165, 1.54) is 12.1 Å². The highest BCUT2D eigenvalue weighted by Crippen LogP contribution is 2.27. The van der Waals surface area contributed by atoms with E-state index in [0.717, 1.165) is 5.56 Å². The first-order valence-electron chi connectivity index (χ1n) is 6.05. The van der Waals surface area contributed by atoms with Gasteiger partial charge in [-0.05, 0) is 29.8 Å². The van der Waals surface area contributed by atoms with Crippen molar-refractivity contribution in [2.24, 2.45) is 0 Å². The minimum Gasteiger partial charge on any atom is -0.325 e. The van der Waals surface area contributed by atoms with Crippen LogP contribution in [0.25, 0.3) is 0 Å². The molecule has 0 radical (unpaired) electrons. The molecule has 0 unspecified atom stereocenters. The van der Waals surface area contributed by atoms with Gasteiger partial charge in [-0.2, -0.15) is 0 Å². The van der Waals surface area contributed by atoms with E-state index in [9.17, 15) is 13.2 Å². The molecule has 0 saturated heterocycles. The van der Waals surface area contributed by atoms with Crippen molar-refractivity contribution in [1.82, 2.24) is 0 Å². The van der Waals surface area contributed by atoms with Crippen LogP contribution in [0, 0.1) is 0 Å². The number of carbonyl (C=O) groups is 1. The van der Waals surface area contributed by atoms with Gasteiger partial charge in [-0.25, -0.2) is 8.42 Å². The van der Waals surface area contributed by atoms with Crippen LogP contribution in [0.5, 0.6) is 0 Å². The minimum absolute atomic E-state index is 0.0805. The Balaban J connectivity index is 1.89. The molecule has 0 bridgehead atoms. The van der Waals surface area contributed by atoms with Crippen molar-refractivity contribution in [2.75, 3.05) is 10.0 Å². The highest BCUT2D eigenvalue weighted by Gasteiger charge is 2.19. The summed E-state index contributed by atoms with van der Waals surface area (Å²) in [5.41, 5.74) is 1.95. The lowest BCUT2D eigenvalue weighted by Crippen LogP contribution is -2.12. The van der Waals surface area contributed by atoms with Crippen LogP contribution in [-0.2, 0) is 21.2 Å². The molecule has 0 atom stereocenters. The number of hydrogen-bond donors (Lipinski definition) is 2. The number of carbonyl (C=O) groups excluding carboxylic acids is 1. The zero-order valence-electron chi connectivity index (χ0n) is 10.5. The Labute approximate surface area is 116 Å². The standard InChI is InChI=1S/C14H12N2O3S/c17-14-8-10-6-7-11(9-13(10)15-14)16-20(18,19)12-4-2-1-3-5-12/h1-7,9,16H,8H2,(H,15,17). The molecule has 0 aromatic heterocycles. The Morgan fingerprint density at radius 3 is 2.55 bits per heavy atom. The first-order valence-corrected chi connectivity index (χ1v) is 7.53. The second-order valence-corrected chi connectivity index (χ2v) is 6.20. The molecule has 5 nitrogen and oxygen atoms in total. The van der Waals surface area contributed by atoms with Gasteiger partial charge in [0, 0.05) is 5.69 Å². The van der Waals surface area contributed by atoms with Crippen molar-refractivity contribution in [3.05, 3.63) is 54.1 Å². The van der Waals surface area contributed by atoms with E-state index < -0.39 is 10.0 Å². The van der Waals surface area contributed by atoms with E-state index in [1.54, 1.807) is 36.4 Å². The van der Waals surface area contributed by atoms with Crippen LogP contribution in [0.15, 0.2) is 53.4 Å². The normalized spacial score (nSPS) is 13.7. The summed E-state index contributed by atoms with van der Waals surface area (Å²) in [4.78, 5) is 11.5. The summed E-state index contributed by atoms with van der Waals surface area (Å²) in [5, 5.41) is 2.69. The number of sulfonamides is 1. The lowest BCUT2D eigenvalue weighted by Gasteiger charge is -2.09. The van der Waals surface area contributed by atoms with Gasteiger partial charge in [-0.1, -0.05) is 24.3 Å². The molecule has 6 heteroatoms. The molecule has 1 aliphatic rings. The number of amides is 1. The molecule has 1 amide bonds. The second-order valence-electron chi connectivity index (χ2n) is 4.52. The molecule has 20 heavy (non-hydrogen) atoms. The van der Waals surface area contributed by atoms with Crippen molar-refractivity contribution in [3.63, 3.8) is 0 Å². The van der Waals surface area contributed by atoms with Crippen LogP contribution in [-0.4, -0.2) is 14.3 Å². The third-order valence-corrected chi connectivity index (χ3v) is 4.44. The molecule has 0 spiro atoms. The molecule has 2 aromatic carbocycles. The van der Waals surface area contributed by atoms with Gasteiger partial charge in [0.05, 0.1) is 17.0 Å². The third-order valence-electron chi connectivity index (χ3n) is 3.04. The highest BCUT2D eigenvalue weighted by molar-refractivity contribution is 7.92. The van der Waals surface area contributed by atoms with E-state index >= 15 is 0 Å². The number of hydrogen-bond acceptors (Lipinski definition) is 3. The zero-order valence-corrected chi connectivity index (χ0v) is 11.3. The van der Waals surface area contributed by atoms with Crippen LogP contribution in [0.2, 0.25) is 0 Å². The molecule has 2 aromatic rings. The van der Waals surface area contributed by atoms with Crippen molar-refractivity contribution in [2.45, 2.75) is 11.3 Å². The summed E-state index contributed by atoms with van der Waals surface area (Å²) in [6, 6.07) is 13.2. The molecule has 0 aliphatic carbocycles. The molecule has 3 rings (SSSR count). The fourth-order valence-corrected chi connectivity index (χ4v) is 3.16. The first kappa shape index (κ1) is 12.7. The molecule has 1 aliphatic heterocycles. The first-order chi connectivity index (χ1) is 9.54. The van der Waals surface area contributed by atoms with E-state index in [0.29, 0.717) is 17.8 Å². The molecular formula is C14H12N2O3S. The maximum absolute atomic E-state index is 12.2. The van der Waals surface area contributed by atoms with E-state index in [1.807, 2.05) is 0 Å². The van der Waals surface area contributed by atoms with Gasteiger partial charge in [-0.3, -0.25) is 9.52 Å². The van der Waals surface area contributed by atoms with Crippen LogP contribution >= 0.6 is 0 Å². The van der Waals surface area contributed by atoms with E-state index in [2.05, 4.69) is 10.0 Å². The highest BCUT2D eigenvalue weighted by atomic mass is 32.2. The number of benzene rings is 2. The Hall–Kier alpha value is -2.34. The lowest BCUT2D eigenvalue weighted by atomic mass is 10.1. The van der Waals surface area contributed by atoms with Crippen molar-refractivity contribution in [1.29, 1.82) is 0 Å². The van der Waals surface area contributed by atoms with E-state index in [4.69, 9.17) is 0 Å². The van der Waals surface area contributed by atoms with Crippen molar-refractivity contribution >= 4 is 27.3 Å². The summed E-state index contributed by atoms with van der Waals surface area (Å²) >= 11 is 0. The van der Waals surface area contributed by atoms with Gasteiger partial charge in [-0.15, -0.1) is 0 Å². The van der Waals surface area contributed by atoms with Crippen LogP contribution < -0.4 is 10.0 Å². The monoisotopic (exact) mass is 288 g/mol. The predicted octanol–water partition coefficient (Wildman–Crippen LogP) is 1.98. The summed E-state index contributed by atoms with van der Waals surface area (Å²) in [7, 11) is -3.61. The Morgan fingerprint density at radius 1 is 1.05 bits per heavy atom. The lowest BCUT2D eigenvalue weighted by molar-refractivity contribution is -0.115. The van der Waals surface area contributed by atoms with Gasteiger partial charge in [0.25, 0.3) is 10.0 Å². The molecule has 1 heterocycles. The average molecular weight is 288 g/mol. The topological polar surface area (TPSA) is 75.3 Å². The molecule has 0 saturated carbocycles. The molecular weight excluding hydrogens is 276 g/mol. The van der Waals surface area contributed by atoms with Gasteiger partial charge in [0.15, 0.2) is 0 Å². The maximum atomic E-state index is 12.2. The van der Waals surface area contributed by atoms with Crippen LogP contribution in [0.3, 0.4) is 0 Å². The second kappa shape index (κ2) is 4.64. The summed E-state index contributed by atoms with van der Waals surface area (Å²) in [5.74, 6) is -0.0805. The summed E-state index contributed by atoms with van der Waals surface area (Å²) in [6.07, 6.45) is 0.334. The van der Waals surface area contributed by atoms with Gasteiger partial charge < -0.3 is 5.32 Å². The van der Waals surface area contributed by atoms with Gasteiger partial charge in [0.1, 0.15) is 0 Å².